The van der Waals surface area contributed by atoms with Gasteiger partial charge in [-0.2, -0.15) is 0 Å². The molecule has 2 rings (SSSR count). The summed E-state index contributed by atoms with van der Waals surface area (Å²) in [6.07, 6.45) is 3.20. The van der Waals surface area contributed by atoms with E-state index < -0.39 is 0 Å². The van der Waals surface area contributed by atoms with Crippen molar-refractivity contribution >= 4 is 5.91 Å². The molecule has 4 heteroatoms. The van der Waals surface area contributed by atoms with Crippen LogP contribution >= 0.6 is 0 Å². The van der Waals surface area contributed by atoms with Gasteiger partial charge in [-0.1, -0.05) is 20.8 Å². The van der Waals surface area contributed by atoms with E-state index in [9.17, 15) is 4.79 Å². The number of rotatable bonds is 3. The summed E-state index contributed by atoms with van der Waals surface area (Å²) < 4.78 is 5.47. The number of nitrogens with zero attached hydrogens (tertiary/aromatic N) is 1. The standard InChI is InChI=1S/C15H24N2O2/c1-15(2,3)9-11-5-4-8-17(11)14(18)13-7-6-12(10-16)19-13/h6-7,11H,4-5,8-10,16H2,1-3H3. The van der Waals surface area contributed by atoms with Gasteiger partial charge in [0.05, 0.1) is 6.54 Å². The van der Waals surface area contributed by atoms with Crippen LogP contribution in [0.1, 0.15) is 56.3 Å². The number of carbonyl (C=O) groups is 1. The average molecular weight is 264 g/mol. The lowest BCUT2D eigenvalue weighted by molar-refractivity contribution is 0.0670. The lowest BCUT2D eigenvalue weighted by Crippen LogP contribution is -2.37. The smallest absolute Gasteiger partial charge is 0.289 e. The molecule has 1 fully saturated rings. The molecule has 0 saturated carbocycles. The monoisotopic (exact) mass is 264 g/mol. The van der Waals surface area contributed by atoms with Gasteiger partial charge in [0.2, 0.25) is 0 Å². The van der Waals surface area contributed by atoms with Gasteiger partial charge in [0.25, 0.3) is 5.91 Å². The Labute approximate surface area is 114 Å². The van der Waals surface area contributed by atoms with Crippen molar-refractivity contribution in [3.8, 4) is 0 Å². The van der Waals surface area contributed by atoms with Crippen LogP contribution < -0.4 is 5.73 Å². The molecule has 106 valence electrons. The fourth-order valence-corrected chi connectivity index (χ4v) is 2.77. The average Bonchev–Trinajstić information content (AvgIpc) is 2.94. The Morgan fingerprint density at radius 1 is 1.47 bits per heavy atom. The van der Waals surface area contributed by atoms with E-state index >= 15 is 0 Å². The highest BCUT2D eigenvalue weighted by Gasteiger charge is 2.33. The molecule has 1 aliphatic heterocycles. The van der Waals surface area contributed by atoms with Gasteiger partial charge in [0, 0.05) is 12.6 Å². The molecule has 4 nitrogen and oxygen atoms in total. The van der Waals surface area contributed by atoms with E-state index in [1.807, 2.05) is 4.90 Å². The van der Waals surface area contributed by atoms with Crippen molar-refractivity contribution in [1.29, 1.82) is 0 Å². The first-order valence-corrected chi connectivity index (χ1v) is 7.00. The molecule has 1 saturated heterocycles. The van der Waals surface area contributed by atoms with Crippen molar-refractivity contribution in [1.82, 2.24) is 4.90 Å². The van der Waals surface area contributed by atoms with Crippen molar-refractivity contribution in [3.63, 3.8) is 0 Å². The molecule has 0 spiro atoms. The van der Waals surface area contributed by atoms with Crippen LogP contribution in [0.4, 0.5) is 0 Å². The van der Waals surface area contributed by atoms with Crippen molar-refractivity contribution in [2.45, 2.75) is 52.6 Å². The van der Waals surface area contributed by atoms with Crippen LogP contribution in [0.25, 0.3) is 0 Å². The number of likely N-dealkylation sites (tertiary alicyclic amines) is 1. The molecule has 0 bridgehead atoms. The van der Waals surface area contributed by atoms with Gasteiger partial charge >= 0.3 is 0 Å². The van der Waals surface area contributed by atoms with Crippen LogP contribution in [-0.2, 0) is 6.54 Å². The van der Waals surface area contributed by atoms with Crippen molar-refractivity contribution < 1.29 is 9.21 Å². The molecule has 0 aromatic carbocycles. The highest BCUT2D eigenvalue weighted by atomic mass is 16.4. The highest BCUT2D eigenvalue weighted by molar-refractivity contribution is 5.92. The number of carbonyl (C=O) groups excluding carboxylic acids is 1. The normalized spacial score (nSPS) is 20.0. The zero-order chi connectivity index (χ0) is 14.0. The van der Waals surface area contributed by atoms with Gasteiger partial charge in [-0.25, -0.2) is 0 Å². The summed E-state index contributed by atoms with van der Waals surface area (Å²) in [4.78, 5) is 14.4. The van der Waals surface area contributed by atoms with Gasteiger partial charge in [-0.3, -0.25) is 4.79 Å². The number of nitrogens with two attached hydrogens (primary N) is 1. The second kappa shape index (κ2) is 5.37. The molecule has 1 aliphatic rings. The van der Waals surface area contributed by atoms with E-state index in [0.29, 0.717) is 24.1 Å². The summed E-state index contributed by atoms with van der Waals surface area (Å²) in [6.45, 7) is 7.81. The second-order valence-corrected chi connectivity index (χ2v) is 6.53. The molecule has 1 aromatic rings. The Morgan fingerprint density at radius 3 is 2.79 bits per heavy atom. The number of hydrogen-bond acceptors (Lipinski definition) is 3. The number of amides is 1. The molecule has 1 aromatic heterocycles. The van der Waals surface area contributed by atoms with E-state index in [0.717, 1.165) is 25.8 Å². The van der Waals surface area contributed by atoms with Gasteiger partial charge in [0.15, 0.2) is 5.76 Å². The third-order valence-corrected chi connectivity index (χ3v) is 3.56. The number of hydrogen-bond donors (Lipinski definition) is 1. The van der Waals surface area contributed by atoms with Gasteiger partial charge in [-0.05, 0) is 36.8 Å². The minimum atomic E-state index is 0.00597. The maximum Gasteiger partial charge on any atom is 0.289 e. The van der Waals surface area contributed by atoms with E-state index in [2.05, 4.69) is 20.8 Å². The van der Waals surface area contributed by atoms with Crippen LogP contribution in [0.3, 0.4) is 0 Å². The summed E-state index contributed by atoms with van der Waals surface area (Å²) in [5, 5.41) is 0. The van der Waals surface area contributed by atoms with Crippen molar-refractivity contribution in [3.05, 3.63) is 23.7 Å². The van der Waals surface area contributed by atoms with E-state index in [-0.39, 0.29) is 11.3 Å². The summed E-state index contributed by atoms with van der Waals surface area (Å²) in [7, 11) is 0. The highest BCUT2D eigenvalue weighted by Crippen LogP contribution is 2.31. The Kier molecular flexibility index (Phi) is 3.99. The Bertz CT molecular complexity index is 445. The molecular weight excluding hydrogens is 240 g/mol. The zero-order valence-electron chi connectivity index (χ0n) is 12.1. The summed E-state index contributed by atoms with van der Waals surface area (Å²) >= 11 is 0. The van der Waals surface area contributed by atoms with Gasteiger partial charge in [0.1, 0.15) is 5.76 Å². The quantitative estimate of drug-likeness (QED) is 0.913. The Balaban J connectivity index is 2.09. The summed E-state index contributed by atoms with van der Waals surface area (Å²) in [6, 6.07) is 3.85. The third kappa shape index (κ3) is 3.38. The molecular formula is C15H24N2O2. The minimum absolute atomic E-state index is 0.00597. The van der Waals surface area contributed by atoms with Crippen LogP contribution in [-0.4, -0.2) is 23.4 Å². The fraction of sp³-hybridized carbons (Fsp3) is 0.667. The van der Waals surface area contributed by atoms with Crippen molar-refractivity contribution in [2.75, 3.05) is 6.54 Å². The molecule has 0 radical (unpaired) electrons. The molecule has 19 heavy (non-hydrogen) atoms. The molecule has 1 amide bonds. The molecule has 1 unspecified atom stereocenters. The van der Waals surface area contributed by atoms with E-state index in [4.69, 9.17) is 10.2 Å². The third-order valence-electron chi connectivity index (χ3n) is 3.56. The lowest BCUT2D eigenvalue weighted by atomic mass is 9.87. The first kappa shape index (κ1) is 14.1. The molecule has 1 atom stereocenters. The Morgan fingerprint density at radius 2 is 2.21 bits per heavy atom. The van der Waals surface area contributed by atoms with Gasteiger partial charge < -0.3 is 15.1 Å². The van der Waals surface area contributed by atoms with Crippen LogP contribution in [0.15, 0.2) is 16.5 Å². The largest absolute Gasteiger partial charge is 0.455 e. The fourth-order valence-electron chi connectivity index (χ4n) is 2.77. The van der Waals surface area contributed by atoms with Crippen LogP contribution in [0.5, 0.6) is 0 Å². The zero-order valence-corrected chi connectivity index (χ0v) is 12.1. The van der Waals surface area contributed by atoms with Crippen LogP contribution in [0.2, 0.25) is 0 Å². The van der Waals surface area contributed by atoms with Crippen LogP contribution in [0, 0.1) is 5.41 Å². The minimum Gasteiger partial charge on any atom is -0.455 e. The Hall–Kier alpha value is -1.29. The first-order chi connectivity index (χ1) is 8.90. The maximum absolute atomic E-state index is 12.5. The maximum atomic E-state index is 12.5. The van der Waals surface area contributed by atoms with Gasteiger partial charge in [-0.15, -0.1) is 0 Å². The molecule has 2 N–H and O–H groups in total. The predicted molar refractivity (Wildman–Crippen MR) is 74.7 cm³/mol. The number of furan rings is 1. The van der Waals surface area contributed by atoms with E-state index in [1.54, 1.807) is 12.1 Å². The first-order valence-electron chi connectivity index (χ1n) is 7.00. The topological polar surface area (TPSA) is 59.5 Å². The van der Waals surface area contributed by atoms with E-state index in [1.165, 1.54) is 0 Å². The summed E-state index contributed by atoms with van der Waals surface area (Å²) in [5.74, 6) is 1.09. The van der Waals surface area contributed by atoms with Crippen molar-refractivity contribution in [2.24, 2.45) is 11.1 Å². The predicted octanol–water partition coefficient (Wildman–Crippen LogP) is 2.78. The lowest BCUT2D eigenvalue weighted by Gasteiger charge is -2.29. The molecule has 2 heterocycles. The summed E-state index contributed by atoms with van der Waals surface area (Å²) in [5.41, 5.74) is 5.74. The second-order valence-electron chi connectivity index (χ2n) is 6.53. The molecule has 0 aliphatic carbocycles. The SMILES string of the molecule is CC(C)(C)CC1CCCN1C(=O)c1ccc(CN)o1.